The number of aromatic nitrogens is 2. The lowest BCUT2D eigenvalue weighted by Gasteiger charge is -2.30. The highest BCUT2D eigenvalue weighted by Gasteiger charge is 2.41. The van der Waals surface area contributed by atoms with Crippen molar-refractivity contribution in [3.8, 4) is 39.1 Å². The topological polar surface area (TPSA) is 17.8 Å². The number of para-hydroxylation sites is 2. The van der Waals surface area contributed by atoms with Crippen LogP contribution in [-0.2, 0) is 5.41 Å². The molecule has 0 spiro atoms. The number of fused-ring (bicyclic) bond motifs is 4. The molecule has 0 amide bonds. The average molecular weight is 629 g/mol. The molecule has 0 unspecified atom stereocenters. The van der Waals surface area contributed by atoms with Crippen LogP contribution in [0.15, 0.2) is 140 Å². The summed E-state index contributed by atoms with van der Waals surface area (Å²) in [6, 6.07) is 52.2. The first-order valence-corrected chi connectivity index (χ1v) is 17.6. The van der Waals surface area contributed by atoms with E-state index in [-0.39, 0.29) is 5.41 Å². The number of hydrogen-bond acceptors (Lipinski definition) is 1. The molecule has 0 saturated heterocycles. The van der Waals surface area contributed by atoms with Crippen molar-refractivity contribution in [3.05, 3.63) is 156 Å². The molecule has 10 rings (SSSR count). The van der Waals surface area contributed by atoms with Crippen LogP contribution < -0.4 is 0 Å². The molecule has 9 aromatic rings. The highest BCUT2D eigenvalue weighted by atomic mass is 15.1. The van der Waals surface area contributed by atoms with Crippen molar-refractivity contribution in [1.82, 2.24) is 9.55 Å². The molecule has 0 N–H and O–H groups in total. The van der Waals surface area contributed by atoms with Crippen molar-refractivity contribution >= 4 is 43.4 Å². The Morgan fingerprint density at radius 3 is 1.86 bits per heavy atom. The normalized spacial score (nSPS) is 13.5. The smallest absolute Gasteiger partial charge is 0.111 e. The van der Waals surface area contributed by atoms with E-state index in [0.717, 1.165) is 35.4 Å². The van der Waals surface area contributed by atoms with Gasteiger partial charge in [0.25, 0.3) is 0 Å². The molecule has 1 aromatic heterocycles. The minimum Gasteiger partial charge on any atom is -0.297 e. The lowest BCUT2D eigenvalue weighted by Crippen LogP contribution is -2.23. The van der Waals surface area contributed by atoms with Crippen molar-refractivity contribution < 1.29 is 0 Å². The van der Waals surface area contributed by atoms with E-state index in [1.54, 1.807) is 0 Å². The lowest BCUT2D eigenvalue weighted by atomic mass is 9.73. The molecule has 0 aliphatic heterocycles. The Bertz CT molecular complexity index is 2720. The summed E-state index contributed by atoms with van der Waals surface area (Å²) in [5, 5.41) is 8.01. The van der Waals surface area contributed by atoms with E-state index in [9.17, 15) is 0 Å². The number of rotatable bonds is 5. The second-order valence-corrected chi connectivity index (χ2v) is 13.8. The highest BCUT2D eigenvalue weighted by Crippen LogP contribution is 2.54. The second-order valence-electron chi connectivity index (χ2n) is 13.8. The Balaban J connectivity index is 1.07. The van der Waals surface area contributed by atoms with Crippen molar-refractivity contribution in [2.24, 2.45) is 0 Å². The first-order chi connectivity index (χ1) is 24.1. The first-order valence-electron chi connectivity index (χ1n) is 17.6. The quantitative estimate of drug-likeness (QED) is 0.173. The molecule has 1 aliphatic rings. The summed E-state index contributed by atoms with van der Waals surface area (Å²) in [5.74, 6) is 1.00. The van der Waals surface area contributed by atoms with Crippen molar-refractivity contribution in [2.75, 3.05) is 0 Å². The third kappa shape index (κ3) is 3.92. The zero-order valence-electron chi connectivity index (χ0n) is 28.1. The van der Waals surface area contributed by atoms with Gasteiger partial charge in [0, 0.05) is 11.1 Å². The Kier molecular flexibility index (Phi) is 6.00. The van der Waals surface area contributed by atoms with E-state index < -0.39 is 0 Å². The number of imidazole rings is 1. The van der Waals surface area contributed by atoms with Gasteiger partial charge in [0.2, 0.25) is 0 Å². The minimum atomic E-state index is -0.0345. The summed E-state index contributed by atoms with van der Waals surface area (Å²) >= 11 is 0. The first kappa shape index (κ1) is 28.3. The maximum Gasteiger partial charge on any atom is 0.111 e. The highest BCUT2D eigenvalue weighted by molar-refractivity contribution is 6.25. The molecule has 0 fully saturated rings. The van der Waals surface area contributed by atoms with E-state index >= 15 is 0 Å². The fourth-order valence-electron chi connectivity index (χ4n) is 9.12. The zero-order chi connectivity index (χ0) is 32.9. The Hall–Kier alpha value is -5.73. The molecule has 234 valence electrons. The largest absolute Gasteiger partial charge is 0.297 e. The fourth-order valence-corrected chi connectivity index (χ4v) is 9.12. The van der Waals surface area contributed by atoms with E-state index in [1.807, 2.05) is 0 Å². The summed E-state index contributed by atoms with van der Waals surface area (Å²) in [6.07, 6.45) is 2.11. The van der Waals surface area contributed by atoms with Crippen LogP contribution in [0, 0.1) is 6.92 Å². The van der Waals surface area contributed by atoms with E-state index in [2.05, 4.69) is 165 Å². The van der Waals surface area contributed by atoms with Gasteiger partial charge in [0.15, 0.2) is 0 Å². The van der Waals surface area contributed by atoms with Crippen molar-refractivity contribution in [3.63, 3.8) is 0 Å². The van der Waals surface area contributed by atoms with E-state index in [0.29, 0.717) is 0 Å². The van der Waals surface area contributed by atoms with Gasteiger partial charge in [-0.25, -0.2) is 4.98 Å². The predicted molar refractivity (Wildman–Crippen MR) is 207 cm³/mol. The van der Waals surface area contributed by atoms with Gasteiger partial charge in [-0.05, 0) is 133 Å². The van der Waals surface area contributed by atoms with Crippen LogP contribution in [0.3, 0.4) is 0 Å². The third-order valence-electron chi connectivity index (χ3n) is 11.6. The molecule has 0 radical (unpaired) electrons. The second kappa shape index (κ2) is 10.4. The van der Waals surface area contributed by atoms with Crippen LogP contribution in [0.25, 0.3) is 82.4 Å². The van der Waals surface area contributed by atoms with Gasteiger partial charge in [0.1, 0.15) is 5.82 Å². The molecule has 2 heteroatoms. The number of aryl methyl sites for hydroxylation is 1. The molecule has 0 atom stereocenters. The predicted octanol–water partition coefficient (Wildman–Crippen LogP) is 12.7. The van der Waals surface area contributed by atoms with Crippen LogP contribution in [-0.4, -0.2) is 9.55 Å². The van der Waals surface area contributed by atoms with Crippen LogP contribution in [0.4, 0.5) is 0 Å². The van der Waals surface area contributed by atoms with Gasteiger partial charge in [-0.1, -0.05) is 117 Å². The summed E-state index contributed by atoms with van der Waals surface area (Å²) in [5.41, 5.74) is 14.1. The molecule has 1 heterocycles. The van der Waals surface area contributed by atoms with Gasteiger partial charge < -0.3 is 0 Å². The van der Waals surface area contributed by atoms with Gasteiger partial charge in [-0.15, -0.1) is 0 Å². The Morgan fingerprint density at radius 1 is 0.531 bits per heavy atom. The van der Waals surface area contributed by atoms with Crippen LogP contribution in [0.1, 0.15) is 43.6 Å². The Morgan fingerprint density at radius 2 is 1.12 bits per heavy atom. The summed E-state index contributed by atoms with van der Waals surface area (Å²) < 4.78 is 2.25. The summed E-state index contributed by atoms with van der Waals surface area (Å²) in [6.45, 7) is 6.81. The van der Waals surface area contributed by atoms with Crippen LogP contribution >= 0.6 is 0 Å². The van der Waals surface area contributed by atoms with Gasteiger partial charge >= 0.3 is 0 Å². The molecule has 2 nitrogen and oxygen atoms in total. The Labute approximate surface area is 286 Å². The van der Waals surface area contributed by atoms with Crippen LogP contribution in [0.2, 0.25) is 0 Å². The van der Waals surface area contributed by atoms with Crippen LogP contribution in [0.5, 0.6) is 0 Å². The number of benzene rings is 8. The summed E-state index contributed by atoms with van der Waals surface area (Å²) in [7, 11) is 0. The summed E-state index contributed by atoms with van der Waals surface area (Å²) in [4.78, 5) is 4.79. The zero-order valence-corrected chi connectivity index (χ0v) is 28.1. The third-order valence-corrected chi connectivity index (χ3v) is 11.6. The standard InChI is InChI=1S/C47H36N2/c1-4-47(5-2)41-27-34(30-15-21-36(22-16-30)49-29(3)48-43-11-6-7-12-44(43)49)19-24-38(41)39-25-20-35(28-42(39)47)37-23-17-33-14-13-31-9-8-10-32-18-26-40(37)46(33)45(31)32/h6-28H,4-5H2,1-3H3. The average Bonchev–Trinajstić information content (AvgIpc) is 3.64. The molecule has 0 saturated carbocycles. The van der Waals surface area contributed by atoms with Gasteiger partial charge in [0.05, 0.1) is 11.0 Å². The maximum absolute atomic E-state index is 4.79. The van der Waals surface area contributed by atoms with Gasteiger partial charge in [-0.2, -0.15) is 0 Å². The number of hydrogen-bond donors (Lipinski definition) is 0. The molecule has 1 aliphatic carbocycles. The SMILES string of the molecule is CCC1(CC)c2cc(-c3ccc(-n4c(C)nc5ccccc54)cc3)ccc2-c2ccc(-c3ccc4ccc5cccc6ccc3c4c56)cc21. The minimum absolute atomic E-state index is 0.0345. The molecular formula is C47H36N2. The fraction of sp³-hybridized carbons (Fsp3) is 0.128. The van der Waals surface area contributed by atoms with Gasteiger partial charge in [-0.3, -0.25) is 4.57 Å². The molecule has 8 aromatic carbocycles. The molecular weight excluding hydrogens is 593 g/mol. The van der Waals surface area contributed by atoms with Crippen molar-refractivity contribution in [1.29, 1.82) is 0 Å². The lowest BCUT2D eigenvalue weighted by molar-refractivity contribution is 0.491. The van der Waals surface area contributed by atoms with Crippen molar-refractivity contribution in [2.45, 2.75) is 39.0 Å². The maximum atomic E-state index is 4.79. The molecule has 49 heavy (non-hydrogen) atoms. The van der Waals surface area contributed by atoms with E-state index in [1.165, 1.54) is 76.8 Å². The monoisotopic (exact) mass is 628 g/mol. The number of nitrogens with zero attached hydrogens (tertiary/aromatic N) is 2. The van der Waals surface area contributed by atoms with E-state index in [4.69, 9.17) is 4.98 Å². The molecule has 0 bridgehead atoms.